The van der Waals surface area contributed by atoms with Gasteiger partial charge in [0.1, 0.15) is 0 Å². The predicted molar refractivity (Wildman–Crippen MR) is 426 cm³/mol. The zero-order chi connectivity index (χ0) is 66.8. The Morgan fingerprint density at radius 1 is 0.224 bits per heavy atom. The van der Waals surface area contributed by atoms with Crippen LogP contribution in [0.1, 0.15) is 39.1 Å². The van der Waals surface area contributed by atoms with E-state index in [0.29, 0.717) is 102 Å². The summed E-state index contributed by atoms with van der Waals surface area (Å²) >= 11 is 3.24. The van der Waals surface area contributed by atoms with Crippen molar-refractivity contribution in [1.29, 1.82) is 0 Å². The monoisotopic (exact) mass is 1730 g/mol. The summed E-state index contributed by atoms with van der Waals surface area (Å²) < 4.78 is 20.3. The molecular formula is C84H63N7Se7. The van der Waals surface area contributed by atoms with E-state index in [1.54, 1.807) is 0 Å². The second-order valence-corrected chi connectivity index (χ2v) is 39.8. The van der Waals surface area contributed by atoms with Crippen LogP contribution in [0.4, 0.5) is 0 Å². The Bertz CT molecular complexity index is 6080. The molecular weight excluding hydrogens is 1660 g/mol. The summed E-state index contributed by atoms with van der Waals surface area (Å²) in [5.74, 6) is 0. The van der Waals surface area contributed by atoms with Gasteiger partial charge < -0.3 is 0 Å². The van der Waals surface area contributed by atoms with Crippen LogP contribution in [-0.2, 0) is 0 Å². The Labute approximate surface area is 609 Å². The Kier molecular flexibility index (Phi) is 20.0. The third-order valence-corrected chi connectivity index (χ3v) is 34.0. The maximum atomic E-state index is 4.61. The summed E-state index contributed by atoms with van der Waals surface area (Å²) in [4.78, 5) is 31.4. The van der Waals surface area contributed by atoms with Crippen LogP contribution in [0.15, 0.2) is 256 Å². The molecule has 0 saturated heterocycles. The fraction of sp³-hybridized carbons (Fsp3) is 0.0833. The summed E-state index contributed by atoms with van der Waals surface area (Å²) in [6, 6.07) is 77.7. The molecule has 0 radical (unpaired) electrons. The average molecular weight is 1720 g/mol. The number of benzene rings is 7. The first-order chi connectivity index (χ1) is 48.0. The quantitative estimate of drug-likeness (QED) is 0.140. The Balaban J connectivity index is 0.0000000933. The molecule has 14 heterocycles. The molecule has 0 bridgehead atoms. The van der Waals surface area contributed by atoms with E-state index in [4.69, 9.17) is 0 Å². The van der Waals surface area contributed by atoms with Gasteiger partial charge >= 0.3 is 615 Å². The second kappa shape index (κ2) is 29.6. The molecule has 98 heavy (non-hydrogen) atoms. The third-order valence-electron chi connectivity index (χ3n) is 16.8. The zero-order valence-corrected chi connectivity index (χ0v) is 66.7. The number of aromatic nitrogens is 7. The molecule has 14 heteroatoms. The number of hydrogen-bond acceptors (Lipinski definition) is 7. The Morgan fingerprint density at radius 2 is 0.643 bits per heavy atom. The van der Waals surface area contributed by atoms with Gasteiger partial charge in [0, 0.05) is 0 Å². The van der Waals surface area contributed by atoms with Gasteiger partial charge in [-0.2, -0.15) is 0 Å². The van der Waals surface area contributed by atoms with Crippen molar-refractivity contribution >= 4 is 237 Å². The first-order valence-electron chi connectivity index (χ1n) is 32.1. The molecule has 0 fully saturated rings. The van der Waals surface area contributed by atoms with Crippen molar-refractivity contribution in [2.24, 2.45) is 0 Å². The topological polar surface area (TPSA) is 90.2 Å². The van der Waals surface area contributed by atoms with E-state index in [0.717, 1.165) is 5.69 Å². The molecule has 0 N–H and O–H groups in total. The third kappa shape index (κ3) is 14.0. The van der Waals surface area contributed by atoms with E-state index >= 15 is 0 Å². The minimum atomic E-state index is 0.463. The van der Waals surface area contributed by atoms with Crippen molar-refractivity contribution in [3.63, 3.8) is 0 Å². The molecule has 0 amide bonds. The van der Waals surface area contributed by atoms with Gasteiger partial charge in [0.2, 0.25) is 0 Å². The molecule has 7 aromatic carbocycles. The van der Waals surface area contributed by atoms with Crippen molar-refractivity contribution in [1.82, 2.24) is 34.9 Å². The normalized spacial score (nSPS) is 11.2. The summed E-state index contributed by atoms with van der Waals surface area (Å²) in [6.45, 7) is 15.0. The Hall–Kier alpha value is -7.77. The molecule has 21 rings (SSSR count). The molecule has 21 aromatic rings. The molecule has 0 aliphatic heterocycles. The van der Waals surface area contributed by atoms with Crippen molar-refractivity contribution < 1.29 is 0 Å². The van der Waals surface area contributed by atoms with Gasteiger partial charge in [-0.3, -0.25) is 0 Å². The van der Waals surface area contributed by atoms with Crippen molar-refractivity contribution in [3.05, 3.63) is 295 Å². The summed E-state index contributed by atoms with van der Waals surface area (Å²) in [5, 5.41) is 9.43. The minimum absolute atomic E-state index is 0.463. The molecule has 0 aliphatic carbocycles. The van der Waals surface area contributed by atoms with Gasteiger partial charge in [-0.1, -0.05) is 0 Å². The molecule has 7 nitrogen and oxygen atoms in total. The number of nitrogens with zero attached hydrogens (tertiary/aromatic N) is 7. The van der Waals surface area contributed by atoms with Gasteiger partial charge in [0.05, 0.1) is 0 Å². The fourth-order valence-electron chi connectivity index (χ4n) is 12.1. The van der Waals surface area contributed by atoms with Gasteiger partial charge in [0.25, 0.3) is 0 Å². The van der Waals surface area contributed by atoms with Crippen molar-refractivity contribution in [2.75, 3.05) is 0 Å². The van der Waals surface area contributed by atoms with Gasteiger partial charge in [-0.25, -0.2) is 0 Å². The van der Waals surface area contributed by atoms with E-state index in [1.807, 2.05) is 68.4 Å². The van der Waals surface area contributed by atoms with E-state index in [2.05, 4.69) is 271 Å². The van der Waals surface area contributed by atoms with Crippen LogP contribution in [0.2, 0.25) is 0 Å². The number of aryl methyl sites for hydroxylation is 7. The predicted octanol–water partition coefficient (Wildman–Crippen LogP) is 19.3. The number of hydrogen-bond donors (Lipinski definition) is 0. The van der Waals surface area contributed by atoms with Crippen LogP contribution in [-0.4, -0.2) is 136 Å². The Morgan fingerprint density at radius 3 is 1.35 bits per heavy atom. The zero-order valence-electron chi connectivity index (χ0n) is 54.7. The van der Waals surface area contributed by atoms with Crippen LogP contribution in [0.3, 0.4) is 0 Å². The van der Waals surface area contributed by atoms with Crippen LogP contribution >= 0.6 is 0 Å². The molecule has 0 atom stereocenters. The van der Waals surface area contributed by atoms with E-state index in [-0.39, 0.29) is 0 Å². The number of pyridine rings is 7. The number of rotatable bonds is 0. The molecule has 0 unspecified atom stereocenters. The van der Waals surface area contributed by atoms with Gasteiger partial charge in [-0.05, 0) is 0 Å². The van der Waals surface area contributed by atoms with Gasteiger partial charge in [0.15, 0.2) is 0 Å². The fourth-order valence-corrected chi connectivity index (χ4v) is 28.5. The van der Waals surface area contributed by atoms with Gasteiger partial charge in [-0.15, -0.1) is 0 Å². The van der Waals surface area contributed by atoms with E-state index < -0.39 is 0 Å². The van der Waals surface area contributed by atoms with Crippen LogP contribution in [0.25, 0.3) is 136 Å². The van der Waals surface area contributed by atoms with Crippen molar-refractivity contribution in [2.45, 2.75) is 48.5 Å². The molecule has 0 saturated carbocycles. The molecule has 0 aliphatic rings. The van der Waals surface area contributed by atoms with Crippen LogP contribution < -0.4 is 0 Å². The summed E-state index contributed by atoms with van der Waals surface area (Å²) in [5.41, 5.74) is 17.6. The molecule has 14 aromatic heterocycles. The average Bonchev–Trinajstić information content (AvgIpc) is 1.63. The maximum absolute atomic E-state index is 4.61. The first-order valence-corrected chi connectivity index (χ1v) is 44.1. The SMILES string of the molecule is Cc1ccc2[se]c3ccccc3c2n1.Cc1ccc2[se]c3cccnc3c2c1.Cc1ccc2c(c1)[se]c1cccnc12.Cc1cccc2[se]c3cccnc3c12.Cc1cccc2c1[se]c1cccnc12.Cc1ccnc2c1[se]c1ccccc12.Cc1cnc2c(c1)[se]c1ccccc12. The van der Waals surface area contributed by atoms with E-state index in [1.165, 1.54) is 169 Å². The standard InChI is InChI=1S/7C12H9NSe/c1-8-4-2-5-9-11-10(14-12(8)9)6-3-7-13-11;1-8-4-2-5-9-11(8)12-10(14-9)6-3-7-13-12;1-8-4-5-10-9(7-8)12-11(14-10)3-2-6-13-12;1-8-4-5-9-11(7-8)14-10-3-2-6-13-12(9)10;1-8-6-11-12(13-7-8)9-4-2-3-5-10(9)14-11;1-8-6-7-13-11-9-4-2-3-5-10(9)14-12(8)11;1-8-6-7-11-12(13-8)9-4-2-3-5-10(9)14-11/h7*2-7H,1H3. The number of fused-ring (bicyclic) bond motifs is 21. The van der Waals surface area contributed by atoms with Crippen molar-refractivity contribution in [3.8, 4) is 0 Å². The van der Waals surface area contributed by atoms with E-state index in [9.17, 15) is 0 Å². The van der Waals surface area contributed by atoms with Crippen LogP contribution in [0.5, 0.6) is 0 Å². The second-order valence-electron chi connectivity index (χ2n) is 24.0. The van der Waals surface area contributed by atoms with Crippen LogP contribution in [0, 0.1) is 48.5 Å². The molecule has 476 valence electrons. The summed E-state index contributed by atoms with van der Waals surface area (Å²) in [7, 11) is 0. The summed E-state index contributed by atoms with van der Waals surface area (Å²) in [6.07, 6.45) is 11.4. The first kappa shape index (κ1) is 66.1. The molecule has 0 spiro atoms.